The highest BCUT2D eigenvalue weighted by Gasteiger charge is 2.17. The number of benzene rings is 1. The van der Waals surface area contributed by atoms with Crippen molar-refractivity contribution < 1.29 is 4.74 Å². The Morgan fingerprint density at radius 1 is 1.33 bits per heavy atom. The average molecular weight is 288 g/mol. The first-order valence-corrected chi connectivity index (χ1v) is 7.24. The number of methoxy groups -OCH3 is 1. The molecular weight excluding hydrogens is 264 g/mol. The van der Waals surface area contributed by atoms with E-state index >= 15 is 0 Å². The summed E-state index contributed by atoms with van der Waals surface area (Å²) >= 11 is 0. The Morgan fingerprint density at radius 2 is 2.05 bits per heavy atom. The van der Waals surface area contributed by atoms with Crippen molar-refractivity contribution in [2.45, 2.75) is 33.4 Å². The summed E-state index contributed by atoms with van der Waals surface area (Å²) < 4.78 is 7.40. The summed E-state index contributed by atoms with van der Waals surface area (Å²) in [5.41, 5.74) is 8.96. The molecule has 0 spiro atoms. The molecule has 0 fully saturated rings. The SMILES string of the molecule is CCCn1nc(C)c(N)c1N(C)Cc1ccccc1OC. The van der Waals surface area contributed by atoms with Crippen LogP contribution in [0.5, 0.6) is 5.75 Å². The number of aromatic nitrogens is 2. The fourth-order valence-electron chi connectivity index (χ4n) is 2.52. The van der Waals surface area contributed by atoms with Gasteiger partial charge in [0.25, 0.3) is 0 Å². The van der Waals surface area contributed by atoms with Crippen molar-refractivity contribution in [3.8, 4) is 5.75 Å². The van der Waals surface area contributed by atoms with Crippen molar-refractivity contribution in [1.82, 2.24) is 9.78 Å². The first-order chi connectivity index (χ1) is 10.1. The highest BCUT2D eigenvalue weighted by molar-refractivity contribution is 5.66. The molecule has 0 aliphatic carbocycles. The van der Waals surface area contributed by atoms with Gasteiger partial charge in [-0.3, -0.25) is 0 Å². The molecular formula is C16H24N4O. The molecule has 5 nitrogen and oxygen atoms in total. The van der Waals surface area contributed by atoms with Crippen molar-refractivity contribution in [1.29, 1.82) is 0 Å². The Hall–Kier alpha value is -2.17. The van der Waals surface area contributed by atoms with Crippen LogP contribution in [0.4, 0.5) is 11.5 Å². The normalized spacial score (nSPS) is 10.7. The minimum absolute atomic E-state index is 0.725. The molecule has 0 bridgehead atoms. The standard InChI is InChI=1S/C16H24N4O/c1-5-10-20-16(15(17)12(2)18-20)19(3)11-13-8-6-7-9-14(13)21-4/h6-9H,5,10-11,17H2,1-4H3. The van der Waals surface area contributed by atoms with E-state index in [1.165, 1.54) is 0 Å². The van der Waals surface area contributed by atoms with Gasteiger partial charge in [0.2, 0.25) is 0 Å². The van der Waals surface area contributed by atoms with Crippen LogP contribution >= 0.6 is 0 Å². The van der Waals surface area contributed by atoms with E-state index in [9.17, 15) is 0 Å². The summed E-state index contributed by atoms with van der Waals surface area (Å²) in [6.07, 6.45) is 1.02. The van der Waals surface area contributed by atoms with Crippen molar-refractivity contribution in [2.75, 3.05) is 24.8 Å². The fraction of sp³-hybridized carbons (Fsp3) is 0.438. The lowest BCUT2D eigenvalue weighted by Crippen LogP contribution is -2.22. The van der Waals surface area contributed by atoms with E-state index in [1.807, 2.05) is 36.9 Å². The van der Waals surface area contributed by atoms with Crippen LogP contribution < -0.4 is 15.4 Å². The zero-order valence-electron chi connectivity index (χ0n) is 13.3. The Balaban J connectivity index is 2.30. The van der Waals surface area contributed by atoms with Crippen LogP contribution in [0.1, 0.15) is 24.6 Å². The minimum atomic E-state index is 0.725. The Labute approximate surface area is 126 Å². The second-order valence-electron chi connectivity index (χ2n) is 5.21. The molecule has 1 heterocycles. The van der Waals surface area contributed by atoms with Gasteiger partial charge in [-0.1, -0.05) is 25.1 Å². The number of hydrogen-bond acceptors (Lipinski definition) is 4. The van der Waals surface area contributed by atoms with Crippen molar-refractivity contribution in [3.63, 3.8) is 0 Å². The van der Waals surface area contributed by atoms with Gasteiger partial charge in [-0.25, -0.2) is 4.68 Å². The molecule has 1 aromatic carbocycles. The van der Waals surface area contributed by atoms with Crippen molar-refractivity contribution in [3.05, 3.63) is 35.5 Å². The van der Waals surface area contributed by atoms with E-state index in [1.54, 1.807) is 7.11 Å². The average Bonchev–Trinajstić information content (AvgIpc) is 2.75. The zero-order valence-corrected chi connectivity index (χ0v) is 13.3. The number of nitrogen functional groups attached to an aromatic ring is 1. The number of ether oxygens (including phenoxy) is 1. The van der Waals surface area contributed by atoms with Crippen LogP contribution in [0.25, 0.3) is 0 Å². The van der Waals surface area contributed by atoms with E-state index in [0.717, 1.165) is 48.0 Å². The van der Waals surface area contributed by atoms with Crippen LogP contribution in [0.3, 0.4) is 0 Å². The maximum absolute atomic E-state index is 6.20. The molecule has 0 amide bonds. The summed E-state index contributed by atoms with van der Waals surface area (Å²) in [5.74, 6) is 1.86. The highest BCUT2D eigenvalue weighted by atomic mass is 16.5. The molecule has 5 heteroatoms. The lowest BCUT2D eigenvalue weighted by Gasteiger charge is -2.22. The molecule has 0 saturated heterocycles. The Bertz CT molecular complexity index is 606. The molecule has 0 radical (unpaired) electrons. The molecule has 0 saturated carbocycles. The quantitative estimate of drug-likeness (QED) is 0.888. The van der Waals surface area contributed by atoms with Gasteiger partial charge in [-0.05, 0) is 19.4 Å². The molecule has 21 heavy (non-hydrogen) atoms. The molecule has 2 rings (SSSR count). The van der Waals surface area contributed by atoms with Gasteiger partial charge < -0.3 is 15.4 Å². The van der Waals surface area contributed by atoms with Gasteiger partial charge in [0.05, 0.1) is 18.5 Å². The Morgan fingerprint density at radius 3 is 2.71 bits per heavy atom. The first kappa shape index (κ1) is 15.2. The predicted octanol–water partition coefficient (Wildman–Crippen LogP) is 2.83. The van der Waals surface area contributed by atoms with Crippen LogP contribution in [0, 0.1) is 6.92 Å². The lowest BCUT2D eigenvalue weighted by molar-refractivity contribution is 0.409. The van der Waals surface area contributed by atoms with Gasteiger partial charge in [-0.2, -0.15) is 5.10 Å². The van der Waals surface area contributed by atoms with E-state index < -0.39 is 0 Å². The smallest absolute Gasteiger partial charge is 0.150 e. The summed E-state index contributed by atoms with van der Waals surface area (Å²) in [7, 11) is 3.73. The number of para-hydroxylation sites is 1. The monoisotopic (exact) mass is 288 g/mol. The predicted molar refractivity (Wildman–Crippen MR) is 86.8 cm³/mol. The summed E-state index contributed by atoms with van der Waals surface area (Å²) in [4.78, 5) is 2.13. The zero-order chi connectivity index (χ0) is 15.4. The van der Waals surface area contributed by atoms with Crippen molar-refractivity contribution in [2.24, 2.45) is 0 Å². The van der Waals surface area contributed by atoms with Crippen LogP contribution in [-0.2, 0) is 13.1 Å². The molecule has 114 valence electrons. The second-order valence-corrected chi connectivity index (χ2v) is 5.21. The molecule has 0 unspecified atom stereocenters. The number of nitrogens with two attached hydrogens (primary N) is 1. The van der Waals surface area contributed by atoms with Crippen LogP contribution in [-0.4, -0.2) is 23.9 Å². The summed E-state index contributed by atoms with van der Waals surface area (Å²) in [6.45, 7) is 5.67. The van der Waals surface area contributed by atoms with E-state index in [-0.39, 0.29) is 0 Å². The number of nitrogens with zero attached hydrogens (tertiary/aromatic N) is 3. The lowest BCUT2D eigenvalue weighted by atomic mass is 10.2. The van der Waals surface area contributed by atoms with Gasteiger partial charge in [-0.15, -0.1) is 0 Å². The van der Waals surface area contributed by atoms with Crippen LogP contribution in [0.15, 0.2) is 24.3 Å². The summed E-state index contributed by atoms with van der Waals surface area (Å²) in [6, 6.07) is 8.03. The minimum Gasteiger partial charge on any atom is -0.496 e. The number of aryl methyl sites for hydroxylation is 2. The van der Waals surface area contributed by atoms with Gasteiger partial charge >= 0.3 is 0 Å². The third-order valence-electron chi connectivity index (χ3n) is 3.54. The molecule has 1 aromatic heterocycles. The third-order valence-corrected chi connectivity index (χ3v) is 3.54. The fourth-order valence-corrected chi connectivity index (χ4v) is 2.52. The number of hydrogen-bond donors (Lipinski definition) is 1. The molecule has 0 aliphatic heterocycles. The summed E-state index contributed by atoms with van der Waals surface area (Å²) in [5, 5.41) is 4.52. The second kappa shape index (κ2) is 6.52. The first-order valence-electron chi connectivity index (χ1n) is 7.24. The van der Waals surface area contributed by atoms with Gasteiger partial charge in [0, 0.05) is 25.7 Å². The van der Waals surface area contributed by atoms with Gasteiger partial charge in [0.1, 0.15) is 5.75 Å². The van der Waals surface area contributed by atoms with E-state index in [0.29, 0.717) is 0 Å². The molecule has 0 atom stereocenters. The maximum atomic E-state index is 6.20. The molecule has 2 N–H and O–H groups in total. The van der Waals surface area contributed by atoms with E-state index in [4.69, 9.17) is 10.5 Å². The highest BCUT2D eigenvalue weighted by Crippen LogP contribution is 2.28. The third kappa shape index (κ3) is 3.12. The Kier molecular flexibility index (Phi) is 4.73. The van der Waals surface area contributed by atoms with Crippen molar-refractivity contribution >= 4 is 11.5 Å². The van der Waals surface area contributed by atoms with Gasteiger partial charge in [0.15, 0.2) is 5.82 Å². The topological polar surface area (TPSA) is 56.3 Å². The number of rotatable bonds is 6. The molecule has 0 aliphatic rings. The van der Waals surface area contributed by atoms with E-state index in [2.05, 4.69) is 23.0 Å². The maximum Gasteiger partial charge on any atom is 0.150 e. The van der Waals surface area contributed by atoms with Crippen LogP contribution in [0.2, 0.25) is 0 Å². The largest absolute Gasteiger partial charge is 0.496 e. The molecule has 2 aromatic rings. The number of anilines is 2.